The molecule has 360 valence electrons. The van der Waals surface area contributed by atoms with Gasteiger partial charge in [0, 0.05) is 6.42 Å². The van der Waals surface area contributed by atoms with Crippen LogP contribution in [0.2, 0.25) is 0 Å². The number of hydrogen-bond acceptors (Lipinski definition) is 5. The van der Waals surface area contributed by atoms with E-state index in [4.69, 9.17) is 4.74 Å². The maximum Gasteiger partial charge on any atom is 0.306 e. The van der Waals surface area contributed by atoms with Crippen molar-refractivity contribution in [3.63, 3.8) is 0 Å². The van der Waals surface area contributed by atoms with Crippen LogP contribution in [0.3, 0.4) is 0 Å². The molecule has 0 aromatic heterocycles. The molecule has 62 heavy (non-hydrogen) atoms. The van der Waals surface area contributed by atoms with Crippen LogP contribution in [0.1, 0.15) is 258 Å². The molecule has 0 aliphatic carbocycles. The molecule has 0 saturated heterocycles. The van der Waals surface area contributed by atoms with Crippen LogP contribution in [0.15, 0.2) is 60.8 Å². The fraction of sp³-hybridized carbons (Fsp3) is 0.786. The number of aliphatic hydroxyl groups is 2. The summed E-state index contributed by atoms with van der Waals surface area (Å²) >= 11 is 0. The van der Waals surface area contributed by atoms with E-state index >= 15 is 0 Å². The normalized spacial score (nSPS) is 13.7. The number of amides is 1. The molecule has 0 aliphatic heterocycles. The highest BCUT2D eigenvalue weighted by molar-refractivity contribution is 5.77. The van der Waals surface area contributed by atoms with Crippen LogP contribution in [0.25, 0.3) is 0 Å². The Hall–Kier alpha value is -2.44. The first-order chi connectivity index (χ1) is 30.5. The van der Waals surface area contributed by atoms with Gasteiger partial charge < -0.3 is 20.3 Å². The first-order valence-electron chi connectivity index (χ1n) is 26.5. The van der Waals surface area contributed by atoms with Gasteiger partial charge in [-0.05, 0) is 83.5 Å². The molecule has 0 saturated carbocycles. The van der Waals surface area contributed by atoms with Crippen molar-refractivity contribution in [1.82, 2.24) is 5.32 Å². The van der Waals surface area contributed by atoms with Crippen LogP contribution in [0, 0.1) is 0 Å². The van der Waals surface area contributed by atoms with Crippen LogP contribution in [0.5, 0.6) is 0 Å². The zero-order valence-corrected chi connectivity index (χ0v) is 41.0. The lowest BCUT2D eigenvalue weighted by atomic mass is 10.0. The average Bonchev–Trinajstić information content (AvgIpc) is 3.26. The minimum atomic E-state index is -0.797. The van der Waals surface area contributed by atoms with Gasteiger partial charge in [-0.3, -0.25) is 9.59 Å². The first-order valence-corrected chi connectivity index (χ1v) is 26.5. The highest BCUT2D eigenvalue weighted by Gasteiger charge is 2.24. The van der Waals surface area contributed by atoms with Gasteiger partial charge in [-0.15, -0.1) is 0 Å². The van der Waals surface area contributed by atoms with Crippen LogP contribution in [-0.4, -0.2) is 46.9 Å². The van der Waals surface area contributed by atoms with Gasteiger partial charge in [0.2, 0.25) is 5.91 Å². The molecule has 0 aromatic rings. The van der Waals surface area contributed by atoms with Crippen LogP contribution < -0.4 is 5.32 Å². The van der Waals surface area contributed by atoms with Crippen molar-refractivity contribution in [2.75, 3.05) is 6.61 Å². The molecule has 3 atom stereocenters. The Kier molecular flexibility index (Phi) is 47.6. The fourth-order valence-electron chi connectivity index (χ4n) is 7.89. The zero-order chi connectivity index (χ0) is 45.2. The lowest BCUT2D eigenvalue weighted by Gasteiger charge is -2.24. The van der Waals surface area contributed by atoms with Crippen molar-refractivity contribution in [1.29, 1.82) is 0 Å². The minimum absolute atomic E-state index is 0.0579. The van der Waals surface area contributed by atoms with E-state index in [1.165, 1.54) is 103 Å². The highest BCUT2D eigenvalue weighted by atomic mass is 16.5. The summed E-state index contributed by atoms with van der Waals surface area (Å²) in [4.78, 5) is 26.1. The summed E-state index contributed by atoms with van der Waals surface area (Å²) in [6, 6.07) is -0.712. The number of carbonyl (C=O) groups is 2. The molecule has 3 unspecified atom stereocenters. The van der Waals surface area contributed by atoms with E-state index in [0.29, 0.717) is 19.3 Å². The molecule has 0 fully saturated rings. The van der Waals surface area contributed by atoms with Gasteiger partial charge in [-0.25, -0.2) is 0 Å². The summed E-state index contributed by atoms with van der Waals surface area (Å²) in [5.74, 6) is -0.512. The van der Waals surface area contributed by atoms with Gasteiger partial charge in [-0.2, -0.15) is 0 Å². The summed E-state index contributed by atoms with van der Waals surface area (Å²) in [5, 5.41) is 23.8. The van der Waals surface area contributed by atoms with Gasteiger partial charge in [0.25, 0.3) is 0 Å². The predicted molar refractivity (Wildman–Crippen MR) is 268 cm³/mol. The van der Waals surface area contributed by atoms with Crippen LogP contribution in [-0.2, 0) is 14.3 Å². The van der Waals surface area contributed by atoms with Crippen molar-refractivity contribution < 1.29 is 24.5 Å². The second kappa shape index (κ2) is 49.6. The van der Waals surface area contributed by atoms with Gasteiger partial charge in [0.05, 0.1) is 25.2 Å². The number of hydrogen-bond donors (Lipinski definition) is 3. The maximum absolute atomic E-state index is 13.2. The molecule has 0 radical (unpaired) electrons. The molecule has 0 bridgehead atoms. The maximum atomic E-state index is 13.2. The Labute approximate surface area is 384 Å². The summed E-state index contributed by atoms with van der Waals surface area (Å²) < 4.78 is 5.92. The monoisotopic (exact) mass is 868 g/mol. The molecule has 3 N–H and O–H groups in total. The van der Waals surface area contributed by atoms with E-state index in [1.54, 1.807) is 0 Å². The summed E-state index contributed by atoms with van der Waals surface area (Å²) in [6.45, 7) is 6.27. The Morgan fingerprint density at radius 1 is 0.484 bits per heavy atom. The molecule has 6 heteroatoms. The Bertz CT molecular complexity index is 1110. The number of allylic oxidation sites excluding steroid dienone is 10. The number of rotatable bonds is 47. The number of esters is 1. The highest BCUT2D eigenvalue weighted by Crippen LogP contribution is 2.18. The molecule has 1 amide bonds. The van der Waals surface area contributed by atoms with Crippen molar-refractivity contribution in [3.8, 4) is 0 Å². The summed E-state index contributed by atoms with van der Waals surface area (Å²) in [5.41, 5.74) is 0. The lowest BCUT2D eigenvalue weighted by molar-refractivity contribution is -0.151. The van der Waals surface area contributed by atoms with E-state index in [2.05, 4.69) is 86.8 Å². The number of ether oxygens (including phenoxy) is 1. The standard InChI is InChI=1S/C56H101NO5/c1-4-7-10-13-16-19-22-25-27-28-29-30-33-36-39-42-45-48-54(59)53(51-58)57-55(60)50-52(47-44-41-38-35-32-24-21-18-15-12-9-6-3)62-56(61)49-46-43-40-37-34-31-26-23-20-17-14-11-8-5-2/h8-9,11-12,17-18,20-21,26,31,52-54,58-59H,4-7,10,13-16,19,22-25,27-30,32-51H2,1-3H3,(H,57,60)/b11-8+,12-9+,20-17+,21-18+,31-26+. The molecule has 0 spiro atoms. The zero-order valence-electron chi connectivity index (χ0n) is 41.0. The Morgan fingerprint density at radius 2 is 0.871 bits per heavy atom. The van der Waals surface area contributed by atoms with E-state index in [-0.39, 0.29) is 24.9 Å². The SMILES string of the molecule is CC/C=C/C/C=C/C/C=C/CCCCCCC(=O)OC(CCCCCCC/C=C/C/C=C/CC)CC(=O)NC(CO)C(O)CCCCCCCCCCCCCCCCCCC. The number of nitrogens with one attached hydrogen (secondary N) is 1. The molecule has 0 aliphatic rings. The third-order valence-corrected chi connectivity index (χ3v) is 11.8. The Morgan fingerprint density at radius 3 is 1.32 bits per heavy atom. The number of aliphatic hydroxyl groups excluding tert-OH is 2. The smallest absolute Gasteiger partial charge is 0.306 e. The molecule has 6 nitrogen and oxygen atoms in total. The fourth-order valence-corrected chi connectivity index (χ4v) is 7.89. The largest absolute Gasteiger partial charge is 0.462 e. The van der Waals surface area contributed by atoms with Crippen LogP contribution >= 0.6 is 0 Å². The van der Waals surface area contributed by atoms with Crippen LogP contribution in [0.4, 0.5) is 0 Å². The van der Waals surface area contributed by atoms with Crippen molar-refractivity contribution in [3.05, 3.63) is 60.8 Å². The second-order valence-electron chi connectivity index (χ2n) is 17.9. The molecular weight excluding hydrogens is 767 g/mol. The molecular formula is C56H101NO5. The number of carbonyl (C=O) groups excluding carboxylic acids is 2. The van der Waals surface area contributed by atoms with E-state index in [0.717, 1.165) is 109 Å². The van der Waals surface area contributed by atoms with E-state index < -0.39 is 18.2 Å². The van der Waals surface area contributed by atoms with Gasteiger partial charge in [0.1, 0.15) is 6.10 Å². The van der Waals surface area contributed by atoms with Crippen molar-refractivity contribution in [2.24, 2.45) is 0 Å². The molecule has 0 heterocycles. The Balaban J connectivity index is 4.53. The first kappa shape index (κ1) is 59.6. The topological polar surface area (TPSA) is 95.9 Å². The van der Waals surface area contributed by atoms with Gasteiger partial charge in [-0.1, -0.05) is 223 Å². The summed E-state index contributed by atoms with van der Waals surface area (Å²) in [6.07, 6.45) is 61.4. The lowest BCUT2D eigenvalue weighted by Crippen LogP contribution is -2.46. The summed E-state index contributed by atoms with van der Waals surface area (Å²) in [7, 11) is 0. The molecule has 0 rings (SSSR count). The quantitative estimate of drug-likeness (QED) is 0.0322. The predicted octanol–water partition coefficient (Wildman–Crippen LogP) is 16.0. The van der Waals surface area contributed by atoms with Crippen molar-refractivity contribution >= 4 is 11.9 Å². The van der Waals surface area contributed by atoms with Gasteiger partial charge >= 0.3 is 5.97 Å². The van der Waals surface area contributed by atoms with E-state index in [9.17, 15) is 19.8 Å². The third-order valence-electron chi connectivity index (χ3n) is 11.8. The van der Waals surface area contributed by atoms with E-state index in [1.807, 2.05) is 0 Å². The third kappa shape index (κ3) is 44.2. The minimum Gasteiger partial charge on any atom is -0.462 e. The molecule has 0 aromatic carbocycles. The average molecular weight is 868 g/mol. The van der Waals surface area contributed by atoms with Gasteiger partial charge in [0.15, 0.2) is 0 Å². The van der Waals surface area contributed by atoms with Crippen molar-refractivity contribution in [2.45, 2.75) is 277 Å². The second-order valence-corrected chi connectivity index (χ2v) is 17.9. The number of unbranched alkanes of at least 4 members (excludes halogenated alkanes) is 25.